The van der Waals surface area contributed by atoms with Crippen LogP contribution in [0.1, 0.15) is 30.9 Å². The van der Waals surface area contributed by atoms with Gasteiger partial charge in [0.15, 0.2) is 11.0 Å². The Balaban J connectivity index is 1.18. The van der Waals surface area contributed by atoms with Gasteiger partial charge in [0, 0.05) is 38.0 Å². The molecule has 0 bridgehead atoms. The molecule has 0 saturated carbocycles. The van der Waals surface area contributed by atoms with Crippen molar-refractivity contribution in [2.24, 2.45) is 0 Å². The predicted molar refractivity (Wildman–Crippen MR) is 181 cm³/mol. The topological polar surface area (TPSA) is 170 Å². The van der Waals surface area contributed by atoms with Crippen LogP contribution in [0.25, 0.3) is 21.6 Å². The molecular weight excluding hydrogens is 650 g/mol. The van der Waals surface area contributed by atoms with Crippen molar-refractivity contribution in [2.75, 3.05) is 31.9 Å². The number of tetrazole rings is 1. The number of thiazole rings is 1. The molecule has 16 heteroatoms. The number of amides is 4. The molecule has 0 radical (unpaired) electrons. The van der Waals surface area contributed by atoms with Gasteiger partial charge in [-0.05, 0) is 39.6 Å². The van der Waals surface area contributed by atoms with E-state index in [1.165, 1.54) is 17.4 Å². The third-order valence-corrected chi connectivity index (χ3v) is 9.85. The molecule has 2 fully saturated rings. The number of aromatic nitrogens is 5. The number of carbonyl (C=O) groups is 3. The molecule has 3 aliphatic rings. The first-order valence-electron chi connectivity index (χ1n) is 16.2. The number of fused-ring (bicyclic) bond motifs is 2. The number of hydrogen-bond donors (Lipinski definition) is 3. The summed E-state index contributed by atoms with van der Waals surface area (Å²) in [5.41, 5.74) is 10.1. The van der Waals surface area contributed by atoms with Gasteiger partial charge in [0.25, 0.3) is 0 Å². The van der Waals surface area contributed by atoms with Crippen molar-refractivity contribution < 1.29 is 18.8 Å². The van der Waals surface area contributed by atoms with Gasteiger partial charge in [-0.2, -0.15) is 5.01 Å². The molecule has 2 aliphatic heterocycles. The maximum Gasteiger partial charge on any atom is 0.332 e. The number of hydrogen-bond acceptors (Lipinski definition) is 10. The van der Waals surface area contributed by atoms with Crippen LogP contribution in [-0.2, 0) is 22.6 Å². The van der Waals surface area contributed by atoms with Crippen LogP contribution in [0, 0.1) is 0 Å². The highest BCUT2D eigenvalue weighted by Crippen LogP contribution is 2.33. The van der Waals surface area contributed by atoms with Crippen LogP contribution in [-0.4, -0.2) is 108 Å². The molecule has 2 saturated heterocycles. The van der Waals surface area contributed by atoms with Crippen molar-refractivity contribution in [3.8, 4) is 11.4 Å². The SMILES string of the molecule is CCCN(C(=O)NCC1=CCC(F)C=C1)N1CC(=O)N2[C@@H](Cc3ccc(-c4nnn[nH]4)cc3)C(=O)N(Cc3cccc4sc(N)nc34)C[C@@H]21. The normalized spacial score (nSPS) is 20.9. The van der Waals surface area contributed by atoms with Crippen LogP contribution >= 0.6 is 11.3 Å². The Hall–Kier alpha value is -5.22. The van der Waals surface area contributed by atoms with Crippen LogP contribution in [0.2, 0.25) is 0 Å². The summed E-state index contributed by atoms with van der Waals surface area (Å²) in [7, 11) is 0. The Kier molecular flexibility index (Phi) is 9.05. The average Bonchev–Trinajstić information content (AvgIpc) is 3.85. The number of hydrazine groups is 1. The van der Waals surface area contributed by atoms with Crippen LogP contribution in [0.4, 0.5) is 14.3 Å². The van der Waals surface area contributed by atoms with Crippen molar-refractivity contribution in [3.63, 3.8) is 0 Å². The van der Waals surface area contributed by atoms with Gasteiger partial charge in [-0.1, -0.05) is 72.9 Å². The Morgan fingerprint density at radius 3 is 2.78 bits per heavy atom. The van der Waals surface area contributed by atoms with Gasteiger partial charge in [0.1, 0.15) is 18.4 Å². The number of aromatic amines is 1. The highest BCUT2D eigenvalue weighted by molar-refractivity contribution is 7.22. The first-order valence-corrected chi connectivity index (χ1v) is 17.0. The summed E-state index contributed by atoms with van der Waals surface area (Å²) < 4.78 is 14.5. The van der Waals surface area contributed by atoms with Crippen molar-refractivity contribution in [2.45, 2.75) is 51.1 Å². The Bertz CT molecular complexity index is 1910. The molecule has 2 aromatic carbocycles. The van der Waals surface area contributed by atoms with Crippen molar-refractivity contribution >= 4 is 44.5 Å². The van der Waals surface area contributed by atoms with E-state index in [1.807, 2.05) is 49.4 Å². The Labute approximate surface area is 285 Å². The summed E-state index contributed by atoms with van der Waals surface area (Å²) in [6, 6.07) is 12.1. The summed E-state index contributed by atoms with van der Waals surface area (Å²) in [6.07, 6.45) is 4.50. The summed E-state index contributed by atoms with van der Waals surface area (Å²) in [5, 5.41) is 20.7. The molecule has 14 nitrogen and oxygen atoms in total. The van der Waals surface area contributed by atoms with Gasteiger partial charge in [0.2, 0.25) is 11.8 Å². The standard InChI is InChI=1S/C33H36FN11O3S/c1-2-14-43(33(48)36-16-21-8-12-24(34)13-9-21)44-19-28(46)45-25(15-20-6-10-22(11-7-20)30-38-40-41-39-30)31(47)42(18-27(44)45)17-23-4-3-5-26-29(23)37-32(35)49-26/h3-12,24-25,27H,2,13-19H2,1H3,(H2,35,37)(H,36,48)(H,38,39,40,41)/t24?,25-,27+/m0/s1. The number of urea groups is 1. The second kappa shape index (κ2) is 13.7. The van der Waals surface area contributed by atoms with Crippen molar-refractivity contribution in [1.29, 1.82) is 0 Å². The van der Waals surface area contributed by atoms with Crippen molar-refractivity contribution in [1.82, 2.24) is 50.7 Å². The molecule has 254 valence electrons. The Morgan fingerprint density at radius 1 is 1.20 bits per heavy atom. The monoisotopic (exact) mass is 685 g/mol. The largest absolute Gasteiger partial charge is 0.375 e. The summed E-state index contributed by atoms with van der Waals surface area (Å²) >= 11 is 1.38. The lowest BCUT2D eigenvalue weighted by molar-refractivity contribution is -0.157. The van der Waals surface area contributed by atoms with Gasteiger partial charge < -0.3 is 20.9 Å². The molecule has 4 amide bonds. The number of para-hydroxylation sites is 1. The molecule has 4 aromatic rings. The maximum atomic E-state index is 14.4. The second-order valence-electron chi connectivity index (χ2n) is 12.3. The number of allylic oxidation sites excluding steroid dienone is 2. The zero-order valence-corrected chi connectivity index (χ0v) is 27.6. The minimum absolute atomic E-state index is 0.0581. The summed E-state index contributed by atoms with van der Waals surface area (Å²) in [4.78, 5) is 49.8. The molecule has 49 heavy (non-hydrogen) atoms. The molecule has 7 rings (SSSR count). The summed E-state index contributed by atoms with van der Waals surface area (Å²) in [6.45, 7) is 2.94. The number of anilines is 1. The lowest BCUT2D eigenvalue weighted by atomic mass is 9.99. The van der Waals surface area contributed by atoms with Crippen LogP contribution in [0.5, 0.6) is 0 Å². The number of nitrogens with zero attached hydrogens (tertiary/aromatic N) is 8. The van der Waals surface area contributed by atoms with Crippen LogP contribution in [0.3, 0.4) is 0 Å². The third kappa shape index (κ3) is 6.61. The molecule has 3 atom stereocenters. The van der Waals surface area contributed by atoms with E-state index in [2.05, 4.69) is 30.9 Å². The van der Waals surface area contributed by atoms with E-state index in [4.69, 9.17) is 5.73 Å². The number of halogens is 1. The van der Waals surface area contributed by atoms with Crippen LogP contribution in [0.15, 0.2) is 66.3 Å². The number of nitrogen functional groups attached to an aromatic ring is 1. The van der Waals surface area contributed by atoms with Gasteiger partial charge in [-0.25, -0.2) is 19.3 Å². The predicted octanol–water partition coefficient (Wildman–Crippen LogP) is 3.04. The smallest absolute Gasteiger partial charge is 0.332 e. The van der Waals surface area contributed by atoms with Crippen molar-refractivity contribution in [3.05, 3.63) is 77.4 Å². The molecule has 4 heterocycles. The molecule has 0 spiro atoms. The fraction of sp³-hybridized carbons (Fsp3) is 0.364. The van der Waals surface area contributed by atoms with Gasteiger partial charge >= 0.3 is 6.03 Å². The van der Waals surface area contributed by atoms with Crippen LogP contribution < -0.4 is 11.1 Å². The first-order chi connectivity index (χ1) is 23.8. The molecule has 2 aromatic heterocycles. The Morgan fingerprint density at radius 2 is 2.04 bits per heavy atom. The van der Waals surface area contributed by atoms with E-state index in [0.717, 1.165) is 32.5 Å². The minimum Gasteiger partial charge on any atom is -0.375 e. The molecule has 1 aliphatic carbocycles. The number of carbonyl (C=O) groups excluding carboxylic acids is 3. The number of H-pyrrole nitrogens is 1. The number of rotatable bonds is 10. The first kappa shape index (κ1) is 32.3. The van der Waals surface area contributed by atoms with E-state index in [1.54, 1.807) is 32.0 Å². The van der Waals surface area contributed by atoms with Gasteiger partial charge in [-0.3, -0.25) is 14.6 Å². The van der Waals surface area contributed by atoms with E-state index in [9.17, 15) is 18.8 Å². The number of nitrogens with one attached hydrogen (secondary N) is 2. The second-order valence-corrected chi connectivity index (χ2v) is 13.3. The zero-order chi connectivity index (χ0) is 34.1. The molecule has 4 N–H and O–H groups in total. The molecule has 1 unspecified atom stereocenters. The lowest BCUT2D eigenvalue weighted by Gasteiger charge is -2.46. The fourth-order valence-corrected chi connectivity index (χ4v) is 7.43. The van der Waals surface area contributed by atoms with E-state index in [-0.39, 0.29) is 56.9 Å². The quantitative estimate of drug-likeness (QED) is 0.227. The third-order valence-electron chi connectivity index (χ3n) is 9.00. The van der Waals surface area contributed by atoms with E-state index in [0.29, 0.717) is 23.9 Å². The highest BCUT2D eigenvalue weighted by Gasteiger charge is 2.52. The van der Waals surface area contributed by atoms with Gasteiger partial charge in [0.05, 0.1) is 23.3 Å². The molecular formula is C33H36FN11O3S. The number of alkyl halides is 1. The number of piperazine rings is 1. The number of nitrogens with two attached hydrogens (primary N) is 1. The highest BCUT2D eigenvalue weighted by atomic mass is 32.1. The minimum atomic E-state index is -1.02. The van der Waals surface area contributed by atoms with E-state index >= 15 is 0 Å². The fourth-order valence-electron chi connectivity index (χ4n) is 6.65. The lowest BCUT2D eigenvalue weighted by Crippen LogP contribution is -2.66. The zero-order valence-electron chi connectivity index (χ0n) is 26.8. The average molecular weight is 686 g/mol. The summed E-state index contributed by atoms with van der Waals surface area (Å²) in [5.74, 6) is 0.0943. The van der Waals surface area contributed by atoms with Gasteiger partial charge in [-0.15, -0.1) is 5.10 Å². The number of benzene rings is 2. The maximum absolute atomic E-state index is 14.4. The van der Waals surface area contributed by atoms with E-state index < -0.39 is 18.4 Å².